The van der Waals surface area contributed by atoms with Crippen molar-refractivity contribution < 1.29 is 18.3 Å². The minimum atomic E-state index is -1.05. The van der Waals surface area contributed by atoms with Crippen LogP contribution in [0.15, 0.2) is 36.5 Å². The van der Waals surface area contributed by atoms with E-state index < -0.39 is 17.5 Å². The highest BCUT2D eigenvalue weighted by Gasteiger charge is 2.16. The van der Waals surface area contributed by atoms with Crippen molar-refractivity contribution in [2.75, 3.05) is 13.7 Å². The predicted octanol–water partition coefficient (Wildman–Crippen LogP) is 3.03. The second kappa shape index (κ2) is 6.98. The molecule has 0 spiro atoms. The third-order valence-corrected chi connectivity index (χ3v) is 3.05. The molecule has 0 N–H and O–H groups in total. The first kappa shape index (κ1) is 15.9. The number of halogens is 2. The lowest BCUT2D eigenvalue weighted by atomic mass is 10.1. The summed E-state index contributed by atoms with van der Waals surface area (Å²) in [6.45, 7) is 2.56. The van der Waals surface area contributed by atoms with Gasteiger partial charge in [0.25, 0.3) is 5.91 Å². The minimum absolute atomic E-state index is 0.0863. The van der Waals surface area contributed by atoms with E-state index in [2.05, 4.69) is 4.98 Å². The van der Waals surface area contributed by atoms with E-state index in [0.29, 0.717) is 12.5 Å². The van der Waals surface area contributed by atoms with Crippen LogP contribution in [0.2, 0.25) is 0 Å². The van der Waals surface area contributed by atoms with Gasteiger partial charge in [-0.1, -0.05) is 6.07 Å². The molecule has 0 bridgehead atoms. The van der Waals surface area contributed by atoms with Crippen LogP contribution in [0.4, 0.5) is 8.78 Å². The van der Waals surface area contributed by atoms with E-state index in [9.17, 15) is 13.6 Å². The van der Waals surface area contributed by atoms with Crippen LogP contribution in [0.5, 0.6) is 5.88 Å². The molecule has 0 unspecified atom stereocenters. The fourth-order valence-corrected chi connectivity index (χ4v) is 1.99. The van der Waals surface area contributed by atoms with E-state index in [1.165, 1.54) is 11.0 Å². The van der Waals surface area contributed by atoms with E-state index in [0.717, 1.165) is 17.7 Å². The minimum Gasteiger partial charge on any atom is -0.478 e. The molecule has 0 fully saturated rings. The van der Waals surface area contributed by atoms with Gasteiger partial charge in [-0.2, -0.15) is 0 Å². The molecule has 0 aliphatic carbocycles. The van der Waals surface area contributed by atoms with E-state index >= 15 is 0 Å². The molecule has 0 atom stereocenters. The Kier molecular flexibility index (Phi) is 5.04. The first-order valence-electron chi connectivity index (χ1n) is 6.80. The first-order chi connectivity index (χ1) is 10.5. The van der Waals surface area contributed by atoms with Crippen molar-refractivity contribution in [2.24, 2.45) is 0 Å². The molecule has 1 heterocycles. The Labute approximate surface area is 127 Å². The van der Waals surface area contributed by atoms with Gasteiger partial charge in [-0.25, -0.2) is 13.8 Å². The van der Waals surface area contributed by atoms with Crippen LogP contribution in [0.1, 0.15) is 22.8 Å². The number of pyridine rings is 1. The van der Waals surface area contributed by atoms with Crippen molar-refractivity contribution in [3.05, 3.63) is 59.3 Å². The van der Waals surface area contributed by atoms with Crippen LogP contribution in [0.25, 0.3) is 0 Å². The fraction of sp³-hybridized carbons (Fsp3) is 0.250. The monoisotopic (exact) mass is 306 g/mol. The highest BCUT2D eigenvalue weighted by atomic mass is 19.2. The number of amides is 1. The number of hydrogen-bond donors (Lipinski definition) is 0. The number of carbonyl (C=O) groups excluding carboxylic acids is 1. The van der Waals surface area contributed by atoms with Gasteiger partial charge in [0, 0.05) is 24.4 Å². The zero-order valence-corrected chi connectivity index (χ0v) is 12.3. The maximum atomic E-state index is 13.2. The van der Waals surface area contributed by atoms with Gasteiger partial charge in [-0.15, -0.1) is 0 Å². The molecule has 22 heavy (non-hydrogen) atoms. The lowest BCUT2D eigenvalue weighted by Crippen LogP contribution is -2.26. The van der Waals surface area contributed by atoms with Crippen molar-refractivity contribution >= 4 is 5.91 Å². The Morgan fingerprint density at radius 3 is 2.73 bits per heavy atom. The topological polar surface area (TPSA) is 42.4 Å². The maximum Gasteiger partial charge on any atom is 0.254 e. The van der Waals surface area contributed by atoms with E-state index in [4.69, 9.17) is 4.74 Å². The molecule has 2 rings (SSSR count). The Balaban J connectivity index is 2.16. The lowest BCUT2D eigenvalue weighted by molar-refractivity contribution is 0.0783. The highest BCUT2D eigenvalue weighted by molar-refractivity contribution is 5.94. The maximum absolute atomic E-state index is 13.2. The number of carbonyl (C=O) groups is 1. The predicted molar refractivity (Wildman–Crippen MR) is 77.6 cm³/mol. The molecule has 1 aromatic heterocycles. The van der Waals surface area contributed by atoms with Crippen LogP contribution in [-0.2, 0) is 6.54 Å². The van der Waals surface area contributed by atoms with Crippen molar-refractivity contribution in [1.29, 1.82) is 0 Å². The lowest BCUT2D eigenvalue weighted by Gasteiger charge is -2.18. The van der Waals surface area contributed by atoms with E-state index in [1.807, 2.05) is 6.92 Å². The standard InChI is InChI=1S/C16H16F2N2O2/c1-3-22-15-12(5-4-8-19-15)10-20(2)16(21)11-6-7-13(17)14(18)9-11/h4-9H,3,10H2,1-2H3. The molecule has 0 saturated heterocycles. The third kappa shape index (κ3) is 3.58. The number of hydrogen-bond acceptors (Lipinski definition) is 3. The van der Waals surface area contributed by atoms with Gasteiger partial charge in [0.05, 0.1) is 13.2 Å². The van der Waals surface area contributed by atoms with Crippen molar-refractivity contribution in [3.8, 4) is 5.88 Å². The van der Waals surface area contributed by atoms with Gasteiger partial charge >= 0.3 is 0 Å². The van der Waals surface area contributed by atoms with Crippen molar-refractivity contribution in [2.45, 2.75) is 13.5 Å². The second-order valence-corrected chi connectivity index (χ2v) is 4.69. The summed E-state index contributed by atoms with van der Waals surface area (Å²) < 4.78 is 31.5. The van der Waals surface area contributed by atoms with Gasteiger partial charge < -0.3 is 9.64 Å². The SMILES string of the molecule is CCOc1ncccc1CN(C)C(=O)c1ccc(F)c(F)c1. The number of rotatable bonds is 5. The van der Waals surface area contributed by atoms with Gasteiger partial charge in [0.15, 0.2) is 11.6 Å². The summed E-state index contributed by atoms with van der Waals surface area (Å²) in [4.78, 5) is 17.8. The molecule has 0 saturated carbocycles. The summed E-state index contributed by atoms with van der Waals surface area (Å²) in [5.41, 5.74) is 0.825. The fourth-order valence-electron chi connectivity index (χ4n) is 1.99. The van der Waals surface area contributed by atoms with E-state index in [-0.39, 0.29) is 12.1 Å². The largest absolute Gasteiger partial charge is 0.478 e. The number of ether oxygens (including phenoxy) is 1. The Morgan fingerprint density at radius 2 is 2.05 bits per heavy atom. The summed E-state index contributed by atoms with van der Waals surface area (Å²) in [6, 6.07) is 6.62. The first-order valence-corrected chi connectivity index (χ1v) is 6.80. The van der Waals surface area contributed by atoms with Crippen LogP contribution in [-0.4, -0.2) is 29.4 Å². The summed E-state index contributed by atoms with van der Waals surface area (Å²) in [7, 11) is 1.58. The van der Waals surface area contributed by atoms with Gasteiger partial charge in [-0.05, 0) is 31.2 Å². The normalized spacial score (nSPS) is 10.4. The van der Waals surface area contributed by atoms with Gasteiger partial charge in [-0.3, -0.25) is 4.79 Å². The second-order valence-electron chi connectivity index (χ2n) is 4.69. The molecule has 116 valence electrons. The molecule has 1 aromatic carbocycles. The molecular formula is C16H16F2N2O2. The quantitative estimate of drug-likeness (QED) is 0.852. The van der Waals surface area contributed by atoms with Crippen molar-refractivity contribution in [1.82, 2.24) is 9.88 Å². The molecule has 1 amide bonds. The Bertz CT molecular complexity index is 677. The summed E-state index contributed by atoms with van der Waals surface area (Å²) >= 11 is 0. The molecule has 2 aromatic rings. The van der Waals surface area contributed by atoms with Crippen LogP contribution >= 0.6 is 0 Å². The van der Waals surface area contributed by atoms with Crippen LogP contribution in [0.3, 0.4) is 0 Å². The number of aromatic nitrogens is 1. The third-order valence-electron chi connectivity index (χ3n) is 3.05. The summed E-state index contributed by atoms with van der Waals surface area (Å²) in [6.07, 6.45) is 1.60. The molecule has 0 radical (unpaired) electrons. The molecular weight excluding hydrogens is 290 g/mol. The van der Waals surface area contributed by atoms with E-state index in [1.54, 1.807) is 25.4 Å². The highest BCUT2D eigenvalue weighted by Crippen LogP contribution is 2.18. The molecule has 0 aliphatic rings. The number of benzene rings is 1. The van der Waals surface area contributed by atoms with Crippen LogP contribution < -0.4 is 4.74 Å². The zero-order valence-electron chi connectivity index (χ0n) is 12.3. The zero-order chi connectivity index (χ0) is 16.1. The Hall–Kier alpha value is -2.50. The van der Waals surface area contributed by atoms with Gasteiger partial charge in [0.2, 0.25) is 5.88 Å². The van der Waals surface area contributed by atoms with Crippen LogP contribution in [0, 0.1) is 11.6 Å². The molecule has 6 heteroatoms. The average molecular weight is 306 g/mol. The molecule has 0 aliphatic heterocycles. The number of nitrogens with zero attached hydrogens (tertiary/aromatic N) is 2. The van der Waals surface area contributed by atoms with Gasteiger partial charge in [0.1, 0.15) is 0 Å². The smallest absolute Gasteiger partial charge is 0.254 e. The molecule has 4 nitrogen and oxygen atoms in total. The summed E-state index contributed by atoms with van der Waals surface area (Å²) in [5, 5.41) is 0. The summed E-state index contributed by atoms with van der Waals surface area (Å²) in [5.74, 6) is -1.99. The average Bonchev–Trinajstić information content (AvgIpc) is 2.51. The Morgan fingerprint density at radius 1 is 1.27 bits per heavy atom. The van der Waals surface area contributed by atoms with Crippen molar-refractivity contribution in [3.63, 3.8) is 0 Å².